The molecule has 1 N–H and O–H groups in total. The molecule has 2 heterocycles. The summed E-state index contributed by atoms with van der Waals surface area (Å²) in [4.78, 5) is 31.8. The topological polar surface area (TPSA) is 62.3 Å². The monoisotopic (exact) mass is 381 g/mol. The number of benzene rings is 1. The first-order valence-electron chi connectivity index (χ1n) is 9.75. The molecule has 28 heavy (non-hydrogen) atoms. The van der Waals surface area contributed by atoms with E-state index in [1.165, 1.54) is 24.3 Å². The van der Waals surface area contributed by atoms with Crippen molar-refractivity contribution in [1.29, 1.82) is 0 Å². The molecule has 0 radical (unpaired) electrons. The Kier molecular flexibility index (Phi) is 4.65. The molecule has 2 amide bonds. The van der Waals surface area contributed by atoms with Gasteiger partial charge < -0.3 is 10.2 Å². The van der Waals surface area contributed by atoms with Crippen molar-refractivity contribution in [3.8, 4) is 0 Å². The van der Waals surface area contributed by atoms with Crippen LogP contribution in [0.3, 0.4) is 0 Å². The summed E-state index contributed by atoms with van der Waals surface area (Å²) in [7, 11) is 0. The molecule has 146 valence electrons. The van der Waals surface area contributed by atoms with E-state index in [-0.39, 0.29) is 23.5 Å². The Bertz CT molecular complexity index is 920. The molecule has 0 spiro atoms. The molecule has 0 atom stereocenters. The van der Waals surface area contributed by atoms with E-state index in [1.54, 1.807) is 0 Å². The lowest BCUT2D eigenvalue weighted by Crippen LogP contribution is -2.42. The Balaban J connectivity index is 1.55. The highest BCUT2D eigenvalue weighted by molar-refractivity contribution is 5.97. The lowest BCUT2D eigenvalue weighted by Gasteiger charge is -2.32. The van der Waals surface area contributed by atoms with E-state index in [9.17, 15) is 14.0 Å². The maximum absolute atomic E-state index is 13.1. The number of anilines is 1. The van der Waals surface area contributed by atoms with E-state index in [2.05, 4.69) is 5.32 Å². The molecule has 0 bridgehead atoms. The highest BCUT2D eigenvalue weighted by atomic mass is 19.1. The fraction of sp³-hybridized carbons (Fsp3) is 0.409. The molecule has 4 rings (SSSR count). The molecule has 0 unspecified atom stereocenters. The maximum Gasteiger partial charge on any atom is 0.252 e. The van der Waals surface area contributed by atoms with Crippen molar-refractivity contribution >= 4 is 17.5 Å². The first-order valence-corrected chi connectivity index (χ1v) is 9.75. The molecule has 2 aromatic rings. The van der Waals surface area contributed by atoms with E-state index in [0.29, 0.717) is 5.56 Å². The second-order valence-electron chi connectivity index (χ2n) is 8.12. The van der Waals surface area contributed by atoms with Crippen molar-refractivity contribution in [3.05, 3.63) is 59.2 Å². The van der Waals surface area contributed by atoms with Crippen LogP contribution >= 0.6 is 0 Å². The van der Waals surface area contributed by atoms with Crippen LogP contribution in [0.1, 0.15) is 54.9 Å². The van der Waals surface area contributed by atoms with Crippen LogP contribution in [-0.4, -0.2) is 23.3 Å². The van der Waals surface area contributed by atoms with Crippen LogP contribution in [0, 0.1) is 11.7 Å². The Morgan fingerprint density at radius 2 is 1.86 bits per heavy atom. The van der Waals surface area contributed by atoms with Crippen LogP contribution in [0.25, 0.3) is 0 Å². The van der Waals surface area contributed by atoms with Gasteiger partial charge in [-0.15, -0.1) is 0 Å². The largest absolute Gasteiger partial charge is 0.342 e. The Morgan fingerprint density at radius 3 is 2.54 bits per heavy atom. The number of nitrogens with zero attached hydrogens (tertiary/aromatic N) is 2. The van der Waals surface area contributed by atoms with Gasteiger partial charge >= 0.3 is 0 Å². The lowest BCUT2D eigenvalue weighted by molar-refractivity contribution is -0.119. The highest BCUT2D eigenvalue weighted by Crippen LogP contribution is 2.36. The summed E-state index contributed by atoms with van der Waals surface area (Å²) in [6, 6.07) is 9.28. The van der Waals surface area contributed by atoms with Crippen molar-refractivity contribution in [1.82, 2.24) is 10.3 Å². The number of aromatic nitrogens is 1. The summed E-state index contributed by atoms with van der Waals surface area (Å²) in [5.41, 5.74) is 2.23. The molecule has 1 aliphatic carbocycles. The first kappa shape index (κ1) is 18.6. The van der Waals surface area contributed by atoms with Crippen LogP contribution in [0.5, 0.6) is 0 Å². The summed E-state index contributed by atoms with van der Waals surface area (Å²) < 4.78 is 13.1. The van der Waals surface area contributed by atoms with Crippen molar-refractivity contribution < 1.29 is 14.0 Å². The summed E-state index contributed by atoms with van der Waals surface area (Å²) >= 11 is 0. The van der Waals surface area contributed by atoms with E-state index in [1.807, 2.05) is 30.9 Å². The molecule has 1 aromatic carbocycles. The second kappa shape index (κ2) is 7.00. The third kappa shape index (κ3) is 3.63. The van der Waals surface area contributed by atoms with E-state index >= 15 is 0 Å². The molecule has 6 heteroatoms. The van der Waals surface area contributed by atoms with Crippen molar-refractivity contribution in [2.45, 2.75) is 45.1 Å². The van der Waals surface area contributed by atoms with Gasteiger partial charge in [0.2, 0.25) is 5.91 Å². The van der Waals surface area contributed by atoms with Crippen molar-refractivity contribution in [2.75, 3.05) is 11.4 Å². The summed E-state index contributed by atoms with van der Waals surface area (Å²) in [6.07, 6.45) is 3.68. The van der Waals surface area contributed by atoms with Gasteiger partial charge in [-0.05, 0) is 75.9 Å². The summed E-state index contributed by atoms with van der Waals surface area (Å²) in [5.74, 6) is -0.274. The summed E-state index contributed by atoms with van der Waals surface area (Å²) in [6.45, 7) is 4.52. The first-order chi connectivity index (χ1) is 13.3. The molecule has 1 fully saturated rings. The predicted molar refractivity (Wildman–Crippen MR) is 105 cm³/mol. The number of pyridine rings is 1. The van der Waals surface area contributed by atoms with Crippen LogP contribution in [0.2, 0.25) is 0 Å². The van der Waals surface area contributed by atoms with Crippen LogP contribution in [0.4, 0.5) is 10.1 Å². The molecular formula is C22H24FN3O2. The number of aryl methyl sites for hydroxylation is 1. The van der Waals surface area contributed by atoms with Crippen LogP contribution in [0.15, 0.2) is 36.4 Å². The van der Waals surface area contributed by atoms with Gasteiger partial charge in [0, 0.05) is 18.0 Å². The SMILES string of the molecule is CC(C)(NC(=O)c1ccc(F)cc1)c1ccc2c(n1)CCCN2C(=O)C1CC1. The van der Waals surface area contributed by atoms with Gasteiger partial charge in [0.15, 0.2) is 0 Å². The fourth-order valence-electron chi connectivity index (χ4n) is 3.60. The van der Waals surface area contributed by atoms with Gasteiger partial charge in [-0.2, -0.15) is 0 Å². The minimum Gasteiger partial charge on any atom is -0.342 e. The lowest BCUT2D eigenvalue weighted by atomic mass is 9.96. The molecule has 1 aromatic heterocycles. The zero-order valence-electron chi connectivity index (χ0n) is 16.2. The predicted octanol–water partition coefficient (Wildman–Crippen LogP) is 3.58. The van der Waals surface area contributed by atoms with E-state index in [0.717, 1.165) is 49.3 Å². The summed E-state index contributed by atoms with van der Waals surface area (Å²) in [5, 5.41) is 2.97. The number of carbonyl (C=O) groups excluding carboxylic acids is 2. The number of fused-ring (bicyclic) bond motifs is 1. The number of nitrogens with one attached hydrogen (secondary N) is 1. The number of amides is 2. The third-order valence-corrected chi connectivity index (χ3v) is 5.40. The Labute approximate surface area is 164 Å². The molecule has 1 aliphatic heterocycles. The minimum absolute atomic E-state index is 0.178. The second-order valence-corrected chi connectivity index (χ2v) is 8.12. The number of halogens is 1. The van der Waals surface area contributed by atoms with Gasteiger partial charge in [-0.1, -0.05) is 0 Å². The fourth-order valence-corrected chi connectivity index (χ4v) is 3.60. The van der Waals surface area contributed by atoms with Gasteiger partial charge in [-0.3, -0.25) is 14.6 Å². The molecule has 0 saturated heterocycles. The zero-order valence-corrected chi connectivity index (χ0v) is 16.2. The van der Waals surface area contributed by atoms with Gasteiger partial charge in [0.1, 0.15) is 5.82 Å². The average Bonchev–Trinajstić information content (AvgIpc) is 3.52. The quantitative estimate of drug-likeness (QED) is 0.881. The van der Waals surface area contributed by atoms with Gasteiger partial charge in [-0.25, -0.2) is 4.39 Å². The minimum atomic E-state index is -0.705. The molecule has 2 aliphatic rings. The van der Waals surface area contributed by atoms with E-state index in [4.69, 9.17) is 4.98 Å². The molecule has 1 saturated carbocycles. The number of hydrogen-bond donors (Lipinski definition) is 1. The maximum atomic E-state index is 13.1. The molecule has 5 nitrogen and oxygen atoms in total. The number of hydrogen-bond acceptors (Lipinski definition) is 3. The van der Waals surface area contributed by atoms with Crippen LogP contribution in [-0.2, 0) is 16.8 Å². The Morgan fingerprint density at radius 1 is 1.14 bits per heavy atom. The molecular weight excluding hydrogens is 357 g/mol. The highest BCUT2D eigenvalue weighted by Gasteiger charge is 2.36. The van der Waals surface area contributed by atoms with Gasteiger partial charge in [0.25, 0.3) is 5.91 Å². The normalized spacial score (nSPS) is 16.5. The number of rotatable bonds is 4. The van der Waals surface area contributed by atoms with E-state index < -0.39 is 5.54 Å². The number of carbonyl (C=O) groups is 2. The standard InChI is InChI=1S/C22H24FN3O2/c1-22(2,25-20(27)14-7-9-16(23)10-8-14)19-12-11-18-17(24-19)4-3-13-26(18)21(28)15-5-6-15/h7-12,15H,3-6,13H2,1-2H3,(H,25,27). The van der Waals surface area contributed by atoms with Crippen LogP contribution < -0.4 is 10.2 Å². The van der Waals surface area contributed by atoms with Crippen molar-refractivity contribution in [3.63, 3.8) is 0 Å². The zero-order chi connectivity index (χ0) is 19.9. The third-order valence-electron chi connectivity index (χ3n) is 5.40. The van der Waals surface area contributed by atoms with Gasteiger partial charge in [0.05, 0.1) is 22.6 Å². The average molecular weight is 381 g/mol. The van der Waals surface area contributed by atoms with Crippen molar-refractivity contribution in [2.24, 2.45) is 5.92 Å². The smallest absolute Gasteiger partial charge is 0.252 e. The Hall–Kier alpha value is -2.76.